The van der Waals surface area contributed by atoms with Crippen LogP contribution < -0.4 is 15.9 Å². The molecule has 0 unspecified atom stereocenters. The van der Waals surface area contributed by atoms with Gasteiger partial charge in [-0.3, -0.25) is 9.36 Å². The van der Waals surface area contributed by atoms with Gasteiger partial charge in [-0.1, -0.05) is 0 Å². The Balaban J connectivity index is 2.09. The summed E-state index contributed by atoms with van der Waals surface area (Å²) in [4.78, 5) is 29.7. The minimum absolute atomic E-state index is 0.0482. The van der Waals surface area contributed by atoms with Crippen LogP contribution in [0.5, 0.6) is 0 Å². The Labute approximate surface area is 129 Å². The average Bonchev–Trinajstić information content (AvgIpc) is 2.43. The van der Waals surface area contributed by atoms with Crippen LogP contribution in [0.25, 0.3) is 0 Å². The molecule has 1 N–H and O–H groups in total. The summed E-state index contributed by atoms with van der Waals surface area (Å²) in [7, 11) is 3.90. The van der Waals surface area contributed by atoms with Gasteiger partial charge in [0.2, 0.25) is 5.91 Å². The monoisotopic (exact) mass is 300 g/mol. The third kappa shape index (κ3) is 3.72. The fourth-order valence-electron chi connectivity index (χ4n) is 2.15. The Bertz CT molecular complexity index is 733. The van der Waals surface area contributed by atoms with E-state index in [1.807, 2.05) is 43.3 Å². The molecule has 0 aliphatic carbocycles. The summed E-state index contributed by atoms with van der Waals surface area (Å²) in [5.74, 6) is -0.256. The molecule has 2 rings (SSSR count). The van der Waals surface area contributed by atoms with Crippen LogP contribution in [0, 0.1) is 13.8 Å². The van der Waals surface area contributed by atoms with E-state index in [0.29, 0.717) is 11.4 Å². The number of rotatable bonds is 4. The molecule has 0 aliphatic heterocycles. The van der Waals surface area contributed by atoms with Crippen LogP contribution in [0.3, 0.4) is 0 Å². The summed E-state index contributed by atoms with van der Waals surface area (Å²) in [6, 6.07) is 9.27. The van der Waals surface area contributed by atoms with E-state index >= 15 is 0 Å². The lowest BCUT2D eigenvalue weighted by Crippen LogP contribution is -2.31. The first-order valence-corrected chi connectivity index (χ1v) is 6.99. The zero-order chi connectivity index (χ0) is 16.3. The van der Waals surface area contributed by atoms with E-state index < -0.39 is 5.69 Å². The van der Waals surface area contributed by atoms with Crippen molar-refractivity contribution in [3.8, 4) is 0 Å². The number of anilines is 2. The third-order valence-electron chi connectivity index (χ3n) is 3.32. The Hall–Kier alpha value is -2.63. The molecule has 0 fully saturated rings. The van der Waals surface area contributed by atoms with E-state index in [1.165, 1.54) is 4.57 Å². The average molecular weight is 300 g/mol. The molecule has 116 valence electrons. The molecule has 1 aromatic heterocycles. The number of aryl methyl sites for hydroxylation is 2. The molecule has 0 saturated heterocycles. The minimum Gasteiger partial charge on any atom is -0.378 e. The number of hydrogen-bond acceptors (Lipinski definition) is 4. The molecule has 0 radical (unpaired) electrons. The fraction of sp³-hybridized carbons (Fsp3) is 0.312. The largest absolute Gasteiger partial charge is 0.378 e. The number of carbonyl (C=O) groups is 1. The van der Waals surface area contributed by atoms with Gasteiger partial charge in [-0.05, 0) is 44.2 Å². The van der Waals surface area contributed by atoms with Crippen molar-refractivity contribution in [3.63, 3.8) is 0 Å². The minimum atomic E-state index is -0.407. The van der Waals surface area contributed by atoms with Crippen molar-refractivity contribution in [2.45, 2.75) is 20.4 Å². The maximum Gasteiger partial charge on any atom is 0.348 e. The maximum absolute atomic E-state index is 12.1. The van der Waals surface area contributed by atoms with Crippen molar-refractivity contribution in [1.29, 1.82) is 0 Å². The van der Waals surface area contributed by atoms with Gasteiger partial charge in [0.25, 0.3) is 0 Å². The second-order valence-electron chi connectivity index (χ2n) is 5.40. The van der Waals surface area contributed by atoms with E-state index in [1.54, 1.807) is 19.9 Å². The zero-order valence-electron chi connectivity index (χ0n) is 13.3. The Morgan fingerprint density at radius 3 is 2.41 bits per heavy atom. The Kier molecular flexibility index (Phi) is 4.60. The van der Waals surface area contributed by atoms with Gasteiger partial charge in [0.1, 0.15) is 6.54 Å². The van der Waals surface area contributed by atoms with Crippen molar-refractivity contribution >= 4 is 17.3 Å². The van der Waals surface area contributed by atoms with Crippen molar-refractivity contribution in [1.82, 2.24) is 9.55 Å². The second-order valence-corrected chi connectivity index (χ2v) is 5.40. The predicted molar refractivity (Wildman–Crippen MR) is 87.4 cm³/mol. The zero-order valence-corrected chi connectivity index (χ0v) is 13.3. The van der Waals surface area contributed by atoms with Gasteiger partial charge in [-0.2, -0.15) is 4.98 Å². The fourth-order valence-corrected chi connectivity index (χ4v) is 2.15. The highest BCUT2D eigenvalue weighted by molar-refractivity contribution is 5.90. The lowest BCUT2D eigenvalue weighted by atomic mass is 10.2. The summed E-state index contributed by atoms with van der Waals surface area (Å²) in [5.41, 5.74) is 2.71. The summed E-state index contributed by atoms with van der Waals surface area (Å²) in [6.45, 7) is 3.49. The molecule has 22 heavy (non-hydrogen) atoms. The lowest BCUT2D eigenvalue weighted by Gasteiger charge is -2.13. The number of amides is 1. The molecule has 1 aromatic carbocycles. The van der Waals surface area contributed by atoms with Crippen LogP contribution in [0.4, 0.5) is 11.4 Å². The molecule has 6 nitrogen and oxygen atoms in total. The molecule has 1 amide bonds. The van der Waals surface area contributed by atoms with Crippen LogP contribution in [0.1, 0.15) is 11.4 Å². The molecule has 6 heteroatoms. The maximum atomic E-state index is 12.1. The van der Waals surface area contributed by atoms with Gasteiger partial charge in [0.15, 0.2) is 0 Å². The van der Waals surface area contributed by atoms with Crippen LogP contribution in [0.2, 0.25) is 0 Å². The van der Waals surface area contributed by atoms with E-state index in [2.05, 4.69) is 10.3 Å². The number of nitrogens with one attached hydrogen (secondary N) is 1. The van der Waals surface area contributed by atoms with Crippen LogP contribution in [-0.4, -0.2) is 29.6 Å². The molecular formula is C16H20N4O2. The summed E-state index contributed by atoms with van der Waals surface area (Å²) < 4.78 is 1.36. The smallest absolute Gasteiger partial charge is 0.348 e. The Morgan fingerprint density at radius 1 is 1.23 bits per heavy atom. The number of benzene rings is 1. The first-order valence-electron chi connectivity index (χ1n) is 6.99. The molecule has 1 heterocycles. The summed E-state index contributed by atoms with van der Waals surface area (Å²) in [6.07, 6.45) is 0. The molecular weight excluding hydrogens is 280 g/mol. The van der Waals surface area contributed by atoms with Gasteiger partial charge in [0, 0.05) is 36.9 Å². The van der Waals surface area contributed by atoms with E-state index in [9.17, 15) is 9.59 Å². The third-order valence-corrected chi connectivity index (χ3v) is 3.32. The standard InChI is InChI=1S/C16H20N4O2/c1-11-9-12(2)20(16(22)17-11)10-15(21)18-13-5-7-14(8-6-13)19(3)4/h5-9H,10H2,1-4H3,(H,18,21). The highest BCUT2D eigenvalue weighted by Gasteiger charge is 2.09. The van der Waals surface area contributed by atoms with Gasteiger partial charge >= 0.3 is 5.69 Å². The highest BCUT2D eigenvalue weighted by atomic mass is 16.2. The normalized spacial score (nSPS) is 10.4. The van der Waals surface area contributed by atoms with Crippen LogP contribution >= 0.6 is 0 Å². The summed E-state index contributed by atoms with van der Waals surface area (Å²) >= 11 is 0. The molecule has 0 atom stereocenters. The Morgan fingerprint density at radius 2 is 1.86 bits per heavy atom. The van der Waals surface area contributed by atoms with Crippen molar-refractivity contribution < 1.29 is 4.79 Å². The molecule has 0 bridgehead atoms. The SMILES string of the molecule is Cc1cc(C)n(CC(=O)Nc2ccc(N(C)C)cc2)c(=O)n1. The first-order chi connectivity index (χ1) is 10.4. The van der Waals surface area contributed by atoms with Crippen molar-refractivity contribution in [2.24, 2.45) is 0 Å². The predicted octanol–water partition coefficient (Wildman–Crippen LogP) is 1.56. The molecule has 0 spiro atoms. The molecule has 0 saturated carbocycles. The van der Waals surface area contributed by atoms with Gasteiger partial charge in [0.05, 0.1) is 0 Å². The first kappa shape index (κ1) is 15.8. The van der Waals surface area contributed by atoms with E-state index in [0.717, 1.165) is 11.4 Å². The van der Waals surface area contributed by atoms with Crippen molar-refractivity contribution in [2.75, 3.05) is 24.3 Å². The van der Waals surface area contributed by atoms with Gasteiger partial charge in [-0.15, -0.1) is 0 Å². The lowest BCUT2D eigenvalue weighted by molar-refractivity contribution is -0.116. The number of carbonyl (C=O) groups excluding carboxylic acids is 1. The number of aromatic nitrogens is 2. The summed E-state index contributed by atoms with van der Waals surface area (Å²) in [5, 5.41) is 2.78. The molecule has 2 aromatic rings. The van der Waals surface area contributed by atoms with Crippen LogP contribution in [0.15, 0.2) is 35.1 Å². The van der Waals surface area contributed by atoms with Crippen molar-refractivity contribution in [3.05, 3.63) is 52.2 Å². The second kappa shape index (κ2) is 6.43. The highest BCUT2D eigenvalue weighted by Crippen LogP contribution is 2.15. The molecule has 0 aliphatic rings. The van der Waals surface area contributed by atoms with Crippen LogP contribution in [-0.2, 0) is 11.3 Å². The number of nitrogens with zero attached hydrogens (tertiary/aromatic N) is 3. The topological polar surface area (TPSA) is 67.2 Å². The van der Waals surface area contributed by atoms with Gasteiger partial charge in [-0.25, -0.2) is 4.79 Å². The van der Waals surface area contributed by atoms with E-state index in [4.69, 9.17) is 0 Å². The van der Waals surface area contributed by atoms with E-state index in [-0.39, 0.29) is 12.5 Å². The number of hydrogen-bond donors (Lipinski definition) is 1. The van der Waals surface area contributed by atoms with Gasteiger partial charge < -0.3 is 10.2 Å². The quantitative estimate of drug-likeness (QED) is 0.930.